The molecule has 0 aliphatic heterocycles. The third-order valence-electron chi connectivity index (χ3n) is 1.88. The third kappa shape index (κ3) is 2.28. The highest BCUT2D eigenvalue weighted by Gasteiger charge is 2.07. The van der Waals surface area contributed by atoms with Gasteiger partial charge in [0.2, 0.25) is 0 Å². The quantitative estimate of drug-likeness (QED) is 0.860. The molecule has 0 aromatic carbocycles. The molecule has 0 radical (unpaired) electrons. The maximum absolute atomic E-state index is 5.67. The molecule has 0 aliphatic carbocycles. The Morgan fingerprint density at radius 2 is 2.33 bits per heavy atom. The fourth-order valence-electron chi connectivity index (χ4n) is 1.23. The van der Waals surface area contributed by atoms with Gasteiger partial charge in [-0.25, -0.2) is 9.50 Å². The van der Waals surface area contributed by atoms with E-state index in [2.05, 4.69) is 39.9 Å². The molecule has 4 nitrogen and oxygen atoms in total. The fraction of sp³-hybridized carbons (Fsp3) is 0.400. The van der Waals surface area contributed by atoms with Gasteiger partial charge >= 0.3 is 0 Å². The van der Waals surface area contributed by atoms with Crippen molar-refractivity contribution in [3.8, 4) is 5.75 Å². The van der Waals surface area contributed by atoms with Crippen LogP contribution in [0, 0.1) is 5.92 Å². The molecule has 0 saturated heterocycles. The molecule has 0 spiro atoms. The Kier molecular flexibility index (Phi) is 2.90. The molecule has 2 aromatic heterocycles. The van der Waals surface area contributed by atoms with E-state index in [1.807, 2.05) is 12.3 Å². The van der Waals surface area contributed by atoms with Crippen LogP contribution in [0.4, 0.5) is 0 Å². The monoisotopic (exact) mass is 269 g/mol. The molecule has 2 rings (SSSR count). The van der Waals surface area contributed by atoms with Crippen LogP contribution >= 0.6 is 15.9 Å². The summed E-state index contributed by atoms with van der Waals surface area (Å²) in [6.07, 6.45) is 3.37. The molecule has 80 valence electrons. The number of halogens is 1. The molecule has 0 atom stereocenters. The number of ether oxygens (including phenoxy) is 1. The van der Waals surface area contributed by atoms with Gasteiger partial charge in [-0.2, -0.15) is 5.10 Å². The number of hydrogen-bond acceptors (Lipinski definition) is 3. The predicted molar refractivity (Wildman–Crippen MR) is 61.0 cm³/mol. The molecule has 0 fully saturated rings. The van der Waals surface area contributed by atoms with Crippen molar-refractivity contribution in [1.29, 1.82) is 0 Å². The summed E-state index contributed by atoms with van der Waals surface area (Å²) >= 11 is 3.41. The lowest BCUT2D eigenvalue weighted by atomic mass is 10.2. The molecule has 2 aromatic rings. The van der Waals surface area contributed by atoms with Crippen LogP contribution in [0.15, 0.2) is 23.1 Å². The standard InChI is InChI=1S/C10H12BrN3O/c1-7(2)5-15-9-3-8(11)4-14-10(9)12-6-13-14/h3-4,6-7H,5H2,1-2H3. The molecule has 0 bridgehead atoms. The van der Waals surface area contributed by atoms with Gasteiger partial charge < -0.3 is 4.74 Å². The van der Waals surface area contributed by atoms with E-state index in [-0.39, 0.29) is 0 Å². The van der Waals surface area contributed by atoms with Gasteiger partial charge in [-0.1, -0.05) is 13.8 Å². The second-order valence-electron chi connectivity index (χ2n) is 3.76. The van der Waals surface area contributed by atoms with E-state index in [9.17, 15) is 0 Å². The smallest absolute Gasteiger partial charge is 0.197 e. The summed E-state index contributed by atoms with van der Waals surface area (Å²) in [4.78, 5) is 4.14. The van der Waals surface area contributed by atoms with Gasteiger partial charge in [-0.05, 0) is 27.9 Å². The molecule has 0 saturated carbocycles. The highest BCUT2D eigenvalue weighted by atomic mass is 79.9. The normalized spacial score (nSPS) is 11.2. The Morgan fingerprint density at radius 3 is 3.07 bits per heavy atom. The molecular formula is C10H12BrN3O. The molecule has 0 N–H and O–H groups in total. The Balaban J connectivity index is 2.35. The van der Waals surface area contributed by atoms with E-state index >= 15 is 0 Å². The number of aromatic nitrogens is 3. The Labute approximate surface area is 96.4 Å². The summed E-state index contributed by atoms with van der Waals surface area (Å²) < 4.78 is 8.29. The third-order valence-corrected chi connectivity index (χ3v) is 2.31. The first-order chi connectivity index (χ1) is 7.16. The summed E-state index contributed by atoms with van der Waals surface area (Å²) in [6, 6.07) is 1.91. The van der Waals surface area contributed by atoms with Gasteiger partial charge in [0.25, 0.3) is 0 Å². The Bertz CT molecular complexity index is 467. The molecule has 0 aliphatic rings. The zero-order chi connectivity index (χ0) is 10.8. The largest absolute Gasteiger partial charge is 0.489 e. The van der Waals surface area contributed by atoms with Gasteiger partial charge in [-0.15, -0.1) is 0 Å². The summed E-state index contributed by atoms with van der Waals surface area (Å²) in [6.45, 7) is 4.90. The van der Waals surface area contributed by atoms with Crippen LogP contribution in [0.2, 0.25) is 0 Å². The lowest BCUT2D eigenvalue weighted by Crippen LogP contribution is -2.05. The molecule has 15 heavy (non-hydrogen) atoms. The average molecular weight is 270 g/mol. The summed E-state index contributed by atoms with van der Waals surface area (Å²) in [5.74, 6) is 1.25. The van der Waals surface area contributed by atoms with Crippen molar-refractivity contribution in [1.82, 2.24) is 14.6 Å². The van der Waals surface area contributed by atoms with Crippen molar-refractivity contribution < 1.29 is 4.74 Å². The second-order valence-corrected chi connectivity index (χ2v) is 4.67. The topological polar surface area (TPSA) is 39.4 Å². The van der Waals surface area contributed by atoms with Crippen LogP contribution in [0.25, 0.3) is 5.65 Å². The highest BCUT2D eigenvalue weighted by Crippen LogP contribution is 2.23. The first-order valence-electron chi connectivity index (χ1n) is 4.78. The number of pyridine rings is 1. The average Bonchev–Trinajstić information content (AvgIpc) is 2.61. The Morgan fingerprint density at radius 1 is 1.53 bits per heavy atom. The van der Waals surface area contributed by atoms with Crippen molar-refractivity contribution in [2.24, 2.45) is 5.92 Å². The first-order valence-corrected chi connectivity index (χ1v) is 5.58. The van der Waals surface area contributed by atoms with Crippen LogP contribution < -0.4 is 4.74 Å². The van der Waals surface area contributed by atoms with Crippen LogP contribution in [-0.2, 0) is 0 Å². The van der Waals surface area contributed by atoms with E-state index in [1.54, 1.807) is 4.52 Å². The van der Waals surface area contributed by atoms with Crippen LogP contribution in [-0.4, -0.2) is 21.2 Å². The maximum Gasteiger partial charge on any atom is 0.197 e. The number of fused-ring (bicyclic) bond motifs is 1. The zero-order valence-corrected chi connectivity index (χ0v) is 10.2. The van der Waals surface area contributed by atoms with E-state index < -0.39 is 0 Å². The summed E-state index contributed by atoms with van der Waals surface area (Å²) in [7, 11) is 0. The van der Waals surface area contributed by atoms with Crippen molar-refractivity contribution in [2.45, 2.75) is 13.8 Å². The van der Waals surface area contributed by atoms with E-state index in [0.717, 1.165) is 15.9 Å². The maximum atomic E-state index is 5.67. The molecule has 0 unspecified atom stereocenters. The minimum absolute atomic E-state index is 0.493. The van der Waals surface area contributed by atoms with Gasteiger partial charge in [0.15, 0.2) is 11.4 Å². The lowest BCUT2D eigenvalue weighted by molar-refractivity contribution is 0.272. The minimum Gasteiger partial charge on any atom is -0.489 e. The van der Waals surface area contributed by atoms with Crippen LogP contribution in [0.5, 0.6) is 5.75 Å². The van der Waals surface area contributed by atoms with Crippen molar-refractivity contribution >= 4 is 21.6 Å². The van der Waals surface area contributed by atoms with Gasteiger partial charge in [0.05, 0.1) is 6.61 Å². The number of rotatable bonds is 3. The number of nitrogens with zero attached hydrogens (tertiary/aromatic N) is 3. The first kappa shape index (κ1) is 10.4. The number of hydrogen-bond donors (Lipinski definition) is 0. The SMILES string of the molecule is CC(C)COc1cc(Br)cn2ncnc12. The van der Waals surface area contributed by atoms with Crippen LogP contribution in [0.3, 0.4) is 0 Å². The van der Waals surface area contributed by atoms with Crippen molar-refractivity contribution in [3.05, 3.63) is 23.1 Å². The summed E-state index contributed by atoms with van der Waals surface area (Å²) in [5.41, 5.74) is 0.749. The Hall–Kier alpha value is -1.10. The lowest BCUT2D eigenvalue weighted by Gasteiger charge is -2.09. The molecule has 5 heteroatoms. The molecule has 2 heterocycles. The highest BCUT2D eigenvalue weighted by molar-refractivity contribution is 9.10. The summed E-state index contributed by atoms with van der Waals surface area (Å²) in [5, 5.41) is 4.06. The second kappa shape index (κ2) is 4.18. The molecular weight excluding hydrogens is 258 g/mol. The van der Waals surface area contributed by atoms with Gasteiger partial charge in [-0.3, -0.25) is 0 Å². The van der Waals surface area contributed by atoms with E-state index in [0.29, 0.717) is 12.5 Å². The predicted octanol–water partition coefficient (Wildman–Crippen LogP) is 2.53. The zero-order valence-electron chi connectivity index (χ0n) is 8.64. The van der Waals surface area contributed by atoms with E-state index in [4.69, 9.17) is 4.74 Å². The van der Waals surface area contributed by atoms with Crippen molar-refractivity contribution in [3.63, 3.8) is 0 Å². The van der Waals surface area contributed by atoms with Gasteiger partial charge in [0.1, 0.15) is 6.33 Å². The van der Waals surface area contributed by atoms with E-state index in [1.165, 1.54) is 6.33 Å². The molecule has 0 amide bonds. The van der Waals surface area contributed by atoms with Crippen molar-refractivity contribution in [2.75, 3.05) is 6.61 Å². The minimum atomic E-state index is 0.493. The van der Waals surface area contributed by atoms with Crippen LogP contribution in [0.1, 0.15) is 13.8 Å². The van der Waals surface area contributed by atoms with Gasteiger partial charge in [0, 0.05) is 10.7 Å². The fourth-order valence-corrected chi connectivity index (χ4v) is 1.63.